The molecule has 0 saturated heterocycles. The van der Waals surface area contributed by atoms with Gasteiger partial charge in [-0.15, -0.1) is 0 Å². The molecule has 1 unspecified atom stereocenters. The van der Waals surface area contributed by atoms with Crippen LogP contribution in [0.2, 0.25) is 0 Å². The minimum atomic E-state index is -1.10. The fraction of sp³-hybridized carbons (Fsp3) is 0.167. The van der Waals surface area contributed by atoms with Crippen LogP contribution in [-0.4, -0.2) is 24.8 Å². The molecule has 0 spiro atoms. The first kappa shape index (κ1) is 22.0. The summed E-state index contributed by atoms with van der Waals surface area (Å²) in [5.41, 5.74) is 2.72. The van der Waals surface area contributed by atoms with Gasteiger partial charge in [-0.1, -0.05) is 30.3 Å². The molecule has 3 rings (SSSR count). The highest BCUT2D eigenvalue weighted by Crippen LogP contribution is 2.29. The van der Waals surface area contributed by atoms with Crippen LogP contribution in [-0.2, 0) is 4.79 Å². The summed E-state index contributed by atoms with van der Waals surface area (Å²) in [6.45, 7) is 0.640. The van der Waals surface area contributed by atoms with Gasteiger partial charge in [0.15, 0.2) is 6.67 Å². The van der Waals surface area contributed by atoms with Crippen LogP contribution in [0.1, 0.15) is 24.2 Å². The van der Waals surface area contributed by atoms with Crippen LogP contribution in [0.15, 0.2) is 72.8 Å². The molecule has 1 amide bonds. The average molecular weight is 423 g/mol. The fourth-order valence-corrected chi connectivity index (χ4v) is 3.15. The molecule has 0 radical (unpaired) electrons. The number of anilines is 2. The van der Waals surface area contributed by atoms with E-state index >= 15 is 0 Å². The van der Waals surface area contributed by atoms with Crippen molar-refractivity contribution in [2.24, 2.45) is 0 Å². The molecule has 3 aromatic rings. The van der Waals surface area contributed by atoms with Crippen molar-refractivity contribution in [3.63, 3.8) is 0 Å². The Balaban J connectivity index is 1.84. The summed E-state index contributed by atoms with van der Waals surface area (Å²) in [6, 6.07) is 19.9. The molecule has 0 fully saturated rings. The molecule has 2 atom stereocenters. The summed E-state index contributed by atoms with van der Waals surface area (Å²) in [5.74, 6) is -0.558. The van der Waals surface area contributed by atoms with E-state index in [0.29, 0.717) is 22.7 Å². The van der Waals surface area contributed by atoms with Crippen molar-refractivity contribution in [2.45, 2.75) is 19.1 Å². The third kappa shape index (κ3) is 5.88. The predicted molar refractivity (Wildman–Crippen MR) is 117 cm³/mol. The molecule has 0 aliphatic rings. The van der Waals surface area contributed by atoms with Crippen molar-refractivity contribution in [2.75, 3.05) is 12.0 Å². The molecule has 160 valence electrons. The van der Waals surface area contributed by atoms with E-state index in [1.807, 2.05) is 30.3 Å². The van der Waals surface area contributed by atoms with E-state index in [0.717, 1.165) is 5.56 Å². The largest absolute Gasteiger partial charge is 0.484 e. The highest BCUT2D eigenvalue weighted by atomic mass is 19.1. The van der Waals surface area contributed by atoms with Gasteiger partial charge in [0.2, 0.25) is 0 Å². The van der Waals surface area contributed by atoms with Gasteiger partial charge in [-0.25, -0.2) is 8.78 Å². The third-order valence-corrected chi connectivity index (χ3v) is 4.66. The Hall–Kier alpha value is -3.74. The van der Waals surface area contributed by atoms with Gasteiger partial charge in [0.1, 0.15) is 17.7 Å². The standard InChI is InChI=1S/C24H23F2N3O2/c1-16(28-23(30)14-25)24(17-5-3-2-4-6-17)31-21-11-12-22(18(13-21)15-27)29-20-9-7-19(26)8-10-20/h2-13,15-16,24,27,29H,14H2,1H3,(H,28,30)/t16?,24-/m0/s1. The number of rotatable bonds is 9. The number of nitrogens with one attached hydrogen (secondary N) is 3. The zero-order chi connectivity index (χ0) is 22.2. The number of ether oxygens (including phenoxy) is 1. The molecule has 3 N–H and O–H groups in total. The summed E-state index contributed by atoms with van der Waals surface area (Å²) in [7, 11) is 0. The van der Waals surface area contributed by atoms with Crippen molar-refractivity contribution in [1.29, 1.82) is 5.41 Å². The van der Waals surface area contributed by atoms with E-state index in [1.165, 1.54) is 18.3 Å². The average Bonchev–Trinajstić information content (AvgIpc) is 2.80. The summed E-state index contributed by atoms with van der Waals surface area (Å²) in [6.07, 6.45) is 0.621. The van der Waals surface area contributed by atoms with Gasteiger partial charge in [-0.05, 0) is 55.0 Å². The molecule has 0 heterocycles. The molecule has 0 saturated carbocycles. The third-order valence-electron chi connectivity index (χ3n) is 4.66. The first-order valence-corrected chi connectivity index (χ1v) is 9.74. The van der Waals surface area contributed by atoms with E-state index < -0.39 is 24.7 Å². The predicted octanol–water partition coefficient (Wildman–Crippen LogP) is 5.16. The molecular formula is C24H23F2N3O2. The van der Waals surface area contributed by atoms with Crippen LogP contribution < -0.4 is 15.4 Å². The van der Waals surface area contributed by atoms with Gasteiger partial charge in [0, 0.05) is 23.2 Å². The lowest BCUT2D eigenvalue weighted by Gasteiger charge is -2.26. The maximum absolute atomic E-state index is 13.1. The number of carbonyl (C=O) groups excluding carboxylic acids is 1. The van der Waals surface area contributed by atoms with Gasteiger partial charge < -0.3 is 20.8 Å². The molecule has 0 aliphatic carbocycles. The Bertz CT molecular complexity index is 1030. The normalized spacial score (nSPS) is 12.5. The summed E-state index contributed by atoms with van der Waals surface area (Å²) in [5, 5.41) is 13.5. The van der Waals surface area contributed by atoms with Crippen LogP contribution in [0.4, 0.5) is 20.2 Å². The van der Waals surface area contributed by atoms with Gasteiger partial charge in [-0.2, -0.15) is 0 Å². The molecule has 7 heteroatoms. The summed E-state index contributed by atoms with van der Waals surface area (Å²) in [4.78, 5) is 11.5. The zero-order valence-electron chi connectivity index (χ0n) is 16.9. The Morgan fingerprint density at radius 2 is 1.81 bits per heavy atom. The van der Waals surface area contributed by atoms with Crippen LogP contribution in [0.5, 0.6) is 5.75 Å². The van der Waals surface area contributed by atoms with Crippen LogP contribution >= 0.6 is 0 Å². The SMILES string of the molecule is CC(NC(=O)CF)[C@H](Oc1ccc(Nc2ccc(F)cc2)c(C=N)c1)c1ccccc1. The van der Waals surface area contributed by atoms with Crippen LogP contribution in [0.25, 0.3) is 0 Å². The highest BCUT2D eigenvalue weighted by molar-refractivity contribution is 5.88. The van der Waals surface area contributed by atoms with Crippen molar-refractivity contribution >= 4 is 23.5 Å². The lowest BCUT2D eigenvalue weighted by molar-refractivity contribution is -0.123. The molecule has 31 heavy (non-hydrogen) atoms. The van der Waals surface area contributed by atoms with Crippen molar-refractivity contribution in [3.8, 4) is 5.75 Å². The second-order valence-corrected chi connectivity index (χ2v) is 6.96. The van der Waals surface area contributed by atoms with E-state index in [1.54, 1.807) is 37.3 Å². The molecular weight excluding hydrogens is 400 g/mol. The van der Waals surface area contributed by atoms with Crippen LogP contribution in [0, 0.1) is 11.2 Å². The number of alkyl halides is 1. The highest BCUT2D eigenvalue weighted by Gasteiger charge is 2.23. The van der Waals surface area contributed by atoms with Gasteiger partial charge in [0.05, 0.1) is 6.04 Å². The number of halogens is 2. The van der Waals surface area contributed by atoms with Crippen molar-refractivity contribution < 1.29 is 18.3 Å². The molecule has 0 aromatic heterocycles. The first-order chi connectivity index (χ1) is 15.0. The minimum Gasteiger partial charge on any atom is -0.484 e. The minimum absolute atomic E-state index is 0.331. The lowest BCUT2D eigenvalue weighted by Crippen LogP contribution is -2.39. The van der Waals surface area contributed by atoms with Crippen LogP contribution in [0.3, 0.4) is 0 Å². The first-order valence-electron chi connectivity index (χ1n) is 9.74. The summed E-state index contributed by atoms with van der Waals surface area (Å²) >= 11 is 0. The lowest BCUT2D eigenvalue weighted by atomic mass is 10.0. The van der Waals surface area contributed by atoms with Gasteiger partial charge in [-0.3, -0.25) is 4.79 Å². The van der Waals surface area contributed by atoms with E-state index in [-0.39, 0.29) is 5.82 Å². The van der Waals surface area contributed by atoms with Gasteiger partial charge in [0.25, 0.3) is 5.91 Å². The molecule has 0 bridgehead atoms. The maximum Gasteiger partial charge on any atom is 0.251 e. The number of carbonyl (C=O) groups is 1. The van der Waals surface area contributed by atoms with Gasteiger partial charge >= 0.3 is 0 Å². The molecule has 3 aromatic carbocycles. The monoisotopic (exact) mass is 423 g/mol. The summed E-state index contributed by atoms with van der Waals surface area (Å²) < 4.78 is 32.0. The fourth-order valence-electron chi connectivity index (χ4n) is 3.15. The smallest absolute Gasteiger partial charge is 0.251 e. The second-order valence-electron chi connectivity index (χ2n) is 6.96. The van der Waals surface area contributed by atoms with Crippen molar-refractivity contribution in [3.05, 3.63) is 89.7 Å². The second kappa shape index (κ2) is 10.3. The topological polar surface area (TPSA) is 74.2 Å². The number of amides is 1. The Morgan fingerprint density at radius 1 is 1.10 bits per heavy atom. The van der Waals surface area contributed by atoms with E-state index in [2.05, 4.69) is 10.6 Å². The molecule has 5 nitrogen and oxygen atoms in total. The van der Waals surface area contributed by atoms with E-state index in [9.17, 15) is 13.6 Å². The Kier molecular flexibility index (Phi) is 7.32. The number of hydrogen-bond donors (Lipinski definition) is 3. The molecule has 0 aliphatic heterocycles. The Morgan fingerprint density at radius 3 is 2.45 bits per heavy atom. The number of hydrogen-bond acceptors (Lipinski definition) is 4. The zero-order valence-corrected chi connectivity index (χ0v) is 16.9. The number of benzene rings is 3. The van der Waals surface area contributed by atoms with E-state index in [4.69, 9.17) is 10.1 Å². The quantitative estimate of drug-likeness (QED) is 0.416. The van der Waals surface area contributed by atoms with Crippen molar-refractivity contribution in [1.82, 2.24) is 5.32 Å². The maximum atomic E-state index is 13.1. The Labute approximate surface area is 179 Å².